The fourth-order valence-corrected chi connectivity index (χ4v) is 15.2. The molecule has 0 spiro atoms. The lowest BCUT2D eigenvalue weighted by atomic mass is 10.8. The van der Waals surface area contributed by atoms with Gasteiger partial charge in [0.05, 0.1) is 0 Å². The molecule has 0 atom stereocenters. The molecule has 0 heterocycles. The summed E-state index contributed by atoms with van der Waals surface area (Å²) in [4.78, 5) is 0. The first-order valence-electron chi connectivity index (χ1n) is 6.19. The van der Waals surface area contributed by atoms with Gasteiger partial charge in [-0.1, -0.05) is 17.9 Å². The number of rotatable bonds is 7. The first kappa shape index (κ1) is 17.1. The zero-order valence-corrected chi connectivity index (χ0v) is 15.5. The Morgan fingerprint density at radius 3 is 1.94 bits per heavy atom. The van der Waals surface area contributed by atoms with Crippen molar-refractivity contribution >= 4 is 25.2 Å². The summed E-state index contributed by atoms with van der Waals surface area (Å²) in [6, 6.07) is 0.985. The smallest absolute Gasteiger partial charge is 0.311 e. The van der Waals surface area contributed by atoms with Gasteiger partial charge in [-0.15, -0.1) is 6.58 Å². The van der Waals surface area contributed by atoms with E-state index in [0.29, 0.717) is 0 Å². The van der Waals surface area contributed by atoms with Gasteiger partial charge in [-0.05, 0) is 52.2 Å². The minimum absolute atomic E-state index is 0.985. The summed E-state index contributed by atoms with van der Waals surface area (Å²) in [5.74, 6) is 0. The van der Waals surface area contributed by atoms with Gasteiger partial charge in [0.25, 0.3) is 0 Å². The molecule has 0 aromatic rings. The summed E-state index contributed by atoms with van der Waals surface area (Å²) in [6.07, 6.45) is 4.05. The van der Waals surface area contributed by atoms with Crippen LogP contribution in [-0.2, 0) is 8.23 Å². The van der Waals surface area contributed by atoms with E-state index in [2.05, 4.69) is 57.6 Å². The van der Waals surface area contributed by atoms with Crippen molar-refractivity contribution < 1.29 is 8.23 Å². The first-order valence-corrected chi connectivity index (χ1v) is 15.1. The van der Waals surface area contributed by atoms with Crippen LogP contribution in [0.3, 0.4) is 0 Å². The van der Waals surface area contributed by atoms with E-state index < -0.39 is 25.2 Å². The van der Waals surface area contributed by atoms with Gasteiger partial charge in [-0.3, -0.25) is 0 Å². The summed E-state index contributed by atoms with van der Waals surface area (Å²) in [5, 5.41) is 0. The van der Waals surface area contributed by atoms with E-state index in [9.17, 15) is 0 Å². The zero-order chi connectivity index (χ0) is 13.7. The van der Waals surface area contributed by atoms with Crippen molar-refractivity contribution in [1.82, 2.24) is 0 Å². The highest BCUT2D eigenvalue weighted by Gasteiger charge is 2.38. The van der Waals surface area contributed by atoms with Crippen LogP contribution in [0.1, 0.15) is 6.92 Å². The van der Waals surface area contributed by atoms with Gasteiger partial charge in [0.2, 0.25) is 0 Å². The fourth-order valence-electron chi connectivity index (χ4n) is 2.14. The van der Waals surface area contributed by atoms with Crippen LogP contribution in [-0.4, -0.2) is 25.2 Å². The molecule has 0 saturated heterocycles. The fraction of sp³-hybridized carbons (Fsp3) is 0.667. The third-order valence-corrected chi connectivity index (χ3v) is 12.9. The first-order chi connectivity index (χ1) is 7.54. The summed E-state index contributed by atoms with van der Waals surface area (Å²) >= 11 is 0. The number of hydrogen-bond acceptors (Lipinski definition) is 2. The monoisotopic (exact) mass is 288 g/mol. The lowest BCUT2D eigenvalue weighted by Gasteiger charge is -2.37. The van der Waals surface area contributed by atoms with Gasteiger partial charge in [-0.25, -0.2) is 0 Å². The van der Waals surface area contributed by atoms with Crippen LogP contribution in [0.2, 0.25) is 45.3 Å². The minimum Gasteiger partial charge on any atom is -0.436 e. The van der Waals surface area contributed by atoms with Crippen LogP contribution in [0.5, 0.6) is 0 Å². The highest BCUT2D eigenvalue weighted by molar-refractivity contribution is 6.89. The standard InChI is InChI=1S/C12H28O2Si3/c1-9-11-15(3,4)13-17(7,8)14-16(5,6)12-10-2/h9-10,12H,1,11H2,2-8H3/b12-10+. The van der Waals surface area contributed by atoms with Gasteiger partial charge in [0.15, 0.2) is 16.6 Å². The average molecular weight is 289 g/mol. The molecule has 17 heavy (non-hydrogen) atoms. The molecule has 0 rings (SSSR count). The van der Waals surface area contributed by atoms with E-state index in [4.69, 9.17) is 8.23 Å². The molecular weight excluding hydrogens is 260 g/mol. The van der Waals surface area contributed by atoms with Gasteiger partial charge in [0, 0.05) is 0 Å². The second-order valence-electron chi connectivity index (χ2n) is 5.96. The molecule has 2 nitrogen and oxygen atoms in total. The molecule has 0 saturated carbocycles. The van der Waals surface area contributed by atoms with Gasteiger partial charge in [0.1, 0.15) is 0 Å². The summed E-state index contributed by atoms with van der Waals surface area (Å²) < 4.78 is 12.7. The van der Waals surface area contributed by atoms with E-state index in [1.807, 2.05) is 13.0 Å². The third-order valence-electron chi connectivity index (χ3n) is 2.23. The molecule has 0 N–H and O–H groups in total. The lowest BCUT2D eigenvalue weighted by Crippen LogP contribution is -2.51. The largest absolute Gasteiger partial charge is 0.436 e. The summed E-state index contributed by atoms with van der Waals surface area (Å²) in [6.45, 7) is 19.1. The maximum atomic E-state index is 6.33. The lowest BCUT2D eigenvalue weighted by molar-refractivity contribution is 0.396. The predicted octanol–water partition coefficient (Wildman–Crippen LogP) is 4.43. The van der Waals surface area contributed by atoms with Crippen LogP contribution in [0.15, 0.2) is 24.4 Å². The molecule has 5 heteroatoms. The van der Waals surface area contributed by atoms with Crippen molar-refractivity contribution in [3.8, 4) is 0 Å². The highest BCUT2D eigenvalue weighted by atomic mass is 28.5. The Hall–Kier alpha value is 0.0506. The Labute approximate surface area is 110 Å². The van der Waals surface area contributed by atoms with Crippen LogP contribution in [0, 0.1) is 0 Å². The van der Waals surface area contributed by atoms with E-state index >= 15 is 0 Å². The SMILES string of the molecule is C=CC[Si](C)(C)O[Si](C)(C)O[Si](C)(C)/C=C/C. The minimum atomic E-state index is -2.02. The Balaban J connectivity index is 4.63. The molecule has 0 radical (unpaired) electrons. The van der Waals surface area contributed by atoms with Crippen molar-refractivity contribution in [2.24, 2.45) is 0 Å². The molecule has 0 aliphatic rings. The zero-order valence-electron chi connectivity index (χ0n) is 12.5. The Morgan fingerprint density at radius 1 is 1.00 bits per heavy atom. The molecule has 0 unspecified atom stereocenters. The van der Waals surface area contributed by atoms with Crippen molar-refractivity contribution in [3.63, 3.8) is 0 Å². The highest BCUT2D eigenvalue weighted by Crippen LogP contribution is 2.23. The molecule has 100 valence electrons. The van der Waals surface area contributed by atoms with Crippen molar-refractivity contribution in [3.05, 3.63) is 24.4 Å². The quantitative estimate of drug-likeness (QED) is 0.509. The van der Waals surface area contributed by atoms with Crippen LogP contribution in [0.25, 0.3) is 0 Å². The predicted molar refractivity (Wildman–Crippen MR) is 84.4 cm³/mol. The normalized spacial score (nSPS) is 14.3. The van der Waals surface area contributed by atoms with E-state index in [1.165, 1.54) is 0 Å². The molecule has 0 fully saturated rings. The van der Waals surface area contributed by atoms with E-state index in [-0.39, 0.29) is 0 Å². The van der Waals surface area contributed by atoms with Crippen LogP contribution >= 0.6 is 0 Å². The molecule has 0 aromatic heterocycles. The van der Waals surface area contributed by atoms with Crippen molar-refractivity contribution in [2.45, 2.75) is 52.2 Å². The molecule has 0 aliphatic heterocycles. The summed E-state index contributed by atoms with van der Waals surface area (Å²) in [7, 11) is -5.38. The van der Waals surface area contributed by atoms with E-state index in [0.717, 1.165) is 6.04 Å². The van der Waals surface area contributed by atoms with Gasteiger partial charge in [-0.2, -0.15) is 0 Å². The Kier molecular flexibility index (Phi) is 6.30. The van der Waals surface area contributed by atoms with Crippen molar-refractivity contribution in [2.75, 3.05) is 0 Å². The molecule has 0 aliphatic carbocycles. The maximum absolute atomic E-state index is 6.33. The molecule has 0 bridgehead atoms. The Bertz CT molecular complexity index is 283. The molecule has 0 amide bonds. The average Bonchev–Trinajstić information content (AvgIpc) is 1.96. The van der Waals surface area contributed by atoms with Crippen LogP contribution in [0.4, 0.5) is 0 Å². The number of hydrogen-bond donors (Lipinski definition) is 0. The summed E-state index contributed by atoms with van der Waals surface area (Å²) in [5.41, 5.74) is 2.22. The topological polar surface area (TPSA) is 18.5 Å². The molecular formula is C12H28O2Si3. The Morgan fingerprint density at radius 2 is 1.53 bits per heavy atom. The maximum Gasteiger partial charge on any atom is 0.311 e. The van der Waals surface area contributed by atoms with Crippen molar-refractivity contribution in [1.29, 1.82) is 0 Å². The second kappa shape index (κ2) is 6.29. The third kappa shape index (κ3) is 7.88. The second-order valence-corrected chi connectivity index (χ2v) is 17.9. The van der Waals surface area contributed by atoms with Gasteiger partial charge < -0.3 is 8.23 Å². The number of allylic oxidation sites excluding steroid dienone is 2. The van der Waals surface area contributed by atoms with Crippen LogP contribution < -0.4 is 0 Å². The van der Waals surface area contributed by atoms with Gasteiger partial charge >= 0.3 is 8.56 Å². The molecule has 0 aromatic carbocycles. The van der Waals surface area contributed by atoms with E-state index in [1.54, 1.807) is 0 Å².